The van der Waals surface area contributed by atoms with E-state index in [9.17, 15) is 0 Å². The van der Waals surface area contributed by atoms with Crippen LogP contribution in [0.5, 0.6) is 0 Å². The van der Waals surface area contributed by atoms with Crippen LogP contribution in [0.2, 0.25) is 0 Å². The second kappa shape index (κ2) is 5.25. The van der Waals surface area contributed by atoms with Crippen molar-refractivity contribution in [2.24, 2.45) is 0 Å². The predicted molar refractivity (Wildman–Crippen MR) is 28.8 cm³/mol. The van der Waals surface area contributed by atoms with Gasteiger partial charge in [0, 0.05) is 6.54 Å². The molecule has 38 valence electrons. The average Bonchev–Trinajstić information content (AvgIpc) is 1.61. The molecule has 0 aliphatic heterocycles. The second-order valence-electron chi connectivity index (χ2n) is 1.24. The molecule has 0 aliphatic rings. The zero-order valence-corrected chi connectivity index (χ0v) is 4.76. The Hall–Kier alpha value is 0.250. The molecule has 0 aromatic heterocycles. The molecule has 0 spiro atoms. The van der Waals surface area contributed by atoms with Crippen molar-refractivity contribution in [3.63, 3.8) is 0 Å². The van der Waals surface area contributed by atoms with Gasteiger partial charge in [-0.05, 0) is 18.2 Å². The van der Waals surface area contributed by atoms with Gasteiger partial charge in [-0.15, -0.1) is 0 Å². The summed E-state index contributed by atoms with van der Waals surface area (Å²) in [6.07, 6.45) is 2.38. The lowest BCUT2D eigenvalue weighted by Gasteiger charge is -1.87. The van der Waals surface area contributed by atoms with Gasteiger partial charge >= 0.3 is 0 Å². The first-order chi connectivity index (χ1) is 2.91. The number of unbranched alkanes of at least 4 members (excludes halogenated alkanes) is 1. The number of halogens is 1. The summed E-state index contributed by atoms with van der Waals surface area (Å²) in [5, 5.41) is 0. The fourth-order valence-corrected chi connectivity index (χ4v) is 0.377. The van der Waals surface area contributed by atoms with E-state index in [1.807, 2.05) is 0 Å². The predicted octanol–water partition coefficient (Wildman–Crippen LogP) is 1.53. The van der Waals surface area contributed by atoms with E-state index in [0.29, 0.717) is 0 Å². The van der Waals surface area contributed by atoms with Crippen LogP contribution in [0.1, 0.15) is 19.8 Å². The summed E-state index contributed by atoms with van der Waals surface area (Å²) in [5.41, 5.74) is 0. The van der Waals surface area contributed by atoms with E-state index in [1.165, 1.54) is 12.8 Å². The van der Waals surface area contributed by atoms with E-state index in [2.05, 4.69) is 11.8 Å². The van der Waals surface area contributed by atoms with Crippen molar-refractivity contribution in [2.45, 2.75) is 19.8 Å². The Bertz CT molecular complexity index is 19.5. The maximum atomic E-state index is 5.13. The minimum absolute atomic E-state index is 0.929. The molecule has 0 aromatic rings. The van der Waals surface area contributed by atoms with Crippen molar-refractivity contribution in [1.29, 1.82) is 0 Å². The summed E-state index contributed by atoms with van der Waals surface area (Å²) < 4.78 is 0. The topological polar surface area (TPSA) is 12.0 Å². The molecule has 0 fully saturated rings. The highest BCUT2D eigenvalue weighted by Crippen LogP contribution is 1.81. The van der Waals surface area contributed by atoms with Crippen LogP contribution in [0.4, 0.5) is 0 Å². The van der Waals surface area contributed by atoms with E-state index < -0.39 is 0 Å². The first-order valence-corrected chi connectivity index (χ1v) is 2.63. The molecule has 0 bridgehead atoms. The Morgan fingerprint density at radius 2 is 2.33 bits per heavy atom. The van der Waals surface area contributed by atoms with Crippen molar-refractivity contribution in [1.82, 2.24) is 4.84 Å². The molecular weight excluding hydrogens is 97.5 g/mol. The van der Waals surface area contributed by atoms with Gasteiger partial charge < -0.3 is 0 Å². The second-order valence-corrected chi connectivity index (χ2v) is 1.50. The monoisotopic (exact) mass is 107 g/mol. The van der Waals surface area contributed by atoms with Crippen LogP contribution in [0.3, 0.4) is 0 Å². The van der Waals surface area contributed by atoms with Crippen LogP contribution in [0.15, 0.2) is 0 Å². The van der Waals surface area contributed by atoms with Gasteiger partial charge in [0.2, 0.25) is 0 Å². The van der Waals surface area contributed by atoms with Gasteiger partial charge in [-0.3, -0.25) is 0 Å². The van der Waals surface area contributed by atoms with Crippen molar-refractivity contribution in [2.75, 3.05) is 6.54 Å². The number of rotatable bonds is 3. The smallest absolute Gasteiger partial charge is 0.0108 e. The molecule has 6 heavy (non-hydrogen) atoms. The fourth-order valence-electron chi connectivity index (χ4n) is 0.244. The Balaban J connectivity index is 2.34. The first kappa shape index (κ1) is 6.25. The highest BCUT2D eigenvalue weighted by Gasteiger charge is 1.74. The number of nitrogens with one attached hydrogen (secondary N) is 1. The molecule has 0 rings (SSSR count). The summed E-state index contributed by atoms with van der Waals surface area (Å²) in [5.74, 6) is 0. The highest BCUT2D eigenvalue weighted by molar-refractivity contribution is 6.13. The van der Waals surface area contributed by atoms with Crippen molar-refractivity contribution >= 4 is 11.8 Å². The van der Waals surface area contributed by atoms with Crippen molar-refractivity contribution in [3.8, 4) is 0 Å². The van der Waals surface area contributed by atoms with Crippen molar-refractivity contribution < 1.29 is 0 Å². The highest BCUT2D eigenvalue weighted by atomic mass is 35.5. The van der Waals surface area contributed by atoms with Crippen LogP contribution in [-0.2, 0) is 0 Å². The Morgan fingerprint density at radius 3 is 2.50 bits per heavy atom. The van der Waals surface area contributed by atoms with E-state index in [0.717, 1.165) is 6.54 Å². The zero-order valence-electron chi connectivity index (χ0n) is 4.00. The van der Waals surface area contributed by atoms with Crippen molar-refractivity contribution in [3.05, 3.63) is 0 Å². The van der Waals surface area contributed by atoms with Crippen LogP contribution in [0, 0.1) is 0 Å². The lowest BCUT2D eigenvalue weighted by atomic mass is 10.3. The first-order valence-electron chi connectivity index (χ1n) is 2.25. The third kappa shape index (κ3) is 4.25. The standard InChI is InChI=1S/C4H10ClN/c1-2-3-4-6-5/h6H,2-4H2,1H3. The van der Waals surface area contributed by atoms with Gasteiger partial charge in [-0.1, -0.05) is 13.3 Å². The molecule has 0 aromatic carbocycles. The van der Waals surface area contributed by atoms with Gasteiger partial charge in [0.25, 0.3) is 0 Å². The van der Waals surface area contributed by atoms with Crippen LogP contribution in [-0.4, -0.2) is 6.54 Å². The Kier molecular flexibility index (Phi) is 5.47. The minimum Gasteiger partial charge on any atom is -0.234 e. The maximum absolute atomic E-state index is 5.13. The quantitative estimate of drug-likeness (QED) is 0.426. The third-order valence-corrected chi connectivity index (χ3v) is 0.814. The third-order valence-electron chi connectivity index (χ3n) is 0.625. The van der Waals surface area contributed by atoms with E-state index in [1.54, 1.807) is 0 Å². The van der Waals surface area contributed by atoms with Gasteiger partial charge in [0.05, 0.1) is 0 Å². The Morgan fingerprint density at radius 1 is 1.67 bits per heavy atom. The normalized spacial score (nSPS) is 9.00. The SMILES string of the molecule is CCCCNCl. The summed E-state index contributed by atoms with van der Waals surface area (Å²) in [4.78, 5) is 2.54. The van der Waals surface area contributed by atoms with E-state index in [4.69, 9.17) is 11.8 Å². The van der Waals surface area contributed by atoms with Gasteiger partial charge in [-0.25, -0.2) is 4.84 Å². The van der Waals surface area contributed by atoms with Gasteiger partial charge in [0.15, 0.2) is 0 Å². The molecule has 0 saturated heterocycles. The lowest BCUT2D eigenvalue weighted by molar-refractivity contribution is 0.771. The molecule has 2 heteroatoms. The molecule has 1 nitrogen and oxygen atoms in total. The molecule has 0 unspecified atom stereocenters. The largest absolute Gasteiger partial charge is 0.234 e. The van der Waals surface area contributed by atoms with Crippen LogP contribution in [0.25, 0.3) is 0 Å². The molecule has 0 atom stereocenters. The number of hydrogen-bond donors (Lipinski definition) is 1. The van der Waals surface area contributed by atoms with E-state index >= 15 is 0 Å². The maximum Gasteiger partial charge on any atom is 0.0108 e. The van der Waals surface area contributed by atoms with Gasteiger partial charge in [0.1, 0.15) is 0 Å². The molecular formula is C4H10ClN. The minimum atomic E-state index is 0.929. The Labute approximate surface area is 43.8 Å². The molecule has 0 aliphatic carbocycles. The summed E-state index contributed by atoms with van der Waals surface area (Å²) in [6.45, 7) is 3.06. The molecule has 0 saturated carbocycles. The summed E-state index contributed by atoms with van der Waals surface area (Å²) in [6, 6.07) is 0. The van der Waals surface area contributed by atoms with Gasteiger partial charge in [-0.2, -0.15) is 0 Å². The molecule has 1 N–H and O–H groups in total. The van der Waals surface area contributed by atoms with Crippen LogP contribution < -0.4 is 4.84 Å². The molecule has 0 heterocycles. The molecule has 0 radical (unpaired) electrons. The fraction of sp³-hybridized carbons (Fsp3) is 1.00. The summed E-state index contributed by atoms with van der Waals surface area (Å²) in [7, 11) is 0. The lowest BCUT2D eigenvalue weighted by Crippen LogP contribution is -1.98. The summed E-state index contributed by atoms with van der Waals surface area (Å²) >= 11 is 5.13. The zero-order chi connectivity index (χ0) is 4.83. The average molecular weight is 108 g/mol. The number of hydrogen-bond acceptors (Lipinski definition) is 1. The molecule has 0 amide bonds. The van der Waals surface area contributed by atoms with Crippen LogP contribution >= 0.6 is 11.8 Å². The van der Waals surface area contributed by atoms with E-state index in [-0.39, 0.29) is 0 Å².